The van der Waals surface area contributed by atoms with Crippen LogP contribution in [-0.4, -0.2) is 30.0 Å². The van der Waals surface area contributed by atoms with E-state index in [0.717, 1.165) is 11.3 Å². The zero-order chi connectivity index (χ0) is 13.0. The van der Waals surface area contributed by atoms with Gasteiger partial charge in [0.1, 0.15) is 0 Å². The van der Waals surface area contributed by atoms with Crippen LogP contribution in [0.2, 0.25) is 0 Å². The number of nitrogens with one attached hydrogen (secondary N) is 1. The van der Waals surface area contributed by atoms with E-state index in [1.807, 2.05) is 42.5 Å². The molecule has 2 amide bonds. The highest BCUT2D eigenvalue weighted by Gasteiger charge is 2.04. The quantitative estimate of drug-likeness (QED) is 0.878. The number of aromatic nitrogens is 1. The van der Waals surface area contributed by atoms with Crippen molar-refractivity contribution >= 4 is 11.7 Å². The maximum absolute atomic E-state index is 11.5. The molecule has 4 heteroatoms. The van der Waals surface area contributed by atoms with E-state index in [2.05, 4.69) is 10.3 Å². The van der Waals surface area contributed by atoms with E-state index >= 15 is 0 Å². The number of carbonyl (C=O) groups excluding carboxylic acids is 1. The summed E-state index contributed by atoms with van der Waals surface area (Å²) >= 11 is 0. The predicted octanol–water partition coefficient (Wildman–Crippen LogP) is 2.84. The monoisotopic (exact) mass is 241 g/mol. The van der Waals surface area contributed by atoms with Crippen molar-refractivity contribution in [3.63, 3.8) is 0 Å². The summed E-state index contributed by atoms with van der Waals surface area (Å²) in [5, 5.41) is 2.74. The first-order valence-corrected chi connectivity index (χ1v) is 5.66. The van der Waals surface area contributed by atoms with Crippen LogP contribution in [0.4, 0.5) is 10.5 Å². The zero-order valence-corrected chi connectivity index (χ0v) is 10.4. The molecule has 0 radical (unpaired) electrons. The molecule has 0 aliphatic heterocycles. The summed E-state index contributed by atoms with van der Waals surface area (Å²) in [5.74, 6) is 0. The molecule has 2 aromatic rings. The molecule has 0 spiro atoms. The molecule has 0 aliphatic carbocycles. The Morgan fingerprint density at radius 3 is 2.39 bits per heavy atom. The summed E-state index contributed by atoms with van der Waals surface area (Å²) in [7, 11) is 3.39. The highest BCUT2D eigenvalue weighted by atomic mass is 16.2. The summed E-state index contributed by atoms with van der Waals surface area (Å²) in [5.41, 5.74) is 2.63. The Labute approximate surface area is 106 Å². The zero-order valence-electron chi connectivity index (χ0n) is 10.4. The summed E-state index contributed by atoms with van der Waals surface area (Å²) < 4.78 is 0. The number of rotatable bonds is 2. The Bertz CT molecular complexity index is 520. The van der Waals surface area contributed by atoms with Crippen LogP contribution < -0.4 is 5.32 Å². The first kappa shape index (κ1) is 12.1. The number of amides is 2. The van der Waals surface area contributed by atoms with Gasteiger partial charge in [0.15, 0.2) is 0 Å². The molecule has 1 aromatic carbocycles. The smallest absolute Gasteiger partial charge is 0.321 e. The van der Waals surface area contributed by atoms with E-state index in [1.165, 1.54) is 4.90 Å². The van der Waals surface area contributed by atoms with Crippen molar-refractivity contribution < 1.29 is 4.79 Å². The van der Waals surface area contributed by atoms with Crippen LogP contribution in [0.1, 0.15) is 0 Å². The van der Waals surface area contributed by atoms with Crippen LogP contribution in [0.3, 0.4) is 0 Å². The first-order chi connectivity index (χ1) is 8.66. The Morgan fingerprint density at radius 2 is 1.83 bits per heavy atom. The number of hydrogen-bond acceptors (Lipinski definition) is 2. The molecule has 0 saturated carbocycles. The van der Waals surface area contributed by atoms with Gasteiger partial charge in [0.2, 0.25) is 0 Å². The normalized spacial score (nSPS) is 9.89. The Balaban J connectivity index is 2.13. The van der Waals surface area contributed by atoms with E-state index < -0.39 is 0 Å². The van der Waals surface area contributed by atoms with Crippen molar-refractivity contribution in [1.29, 1.82) is 0 Å². The molecule has 0 fully saturated rings. The largest absolute Gasteiger partial charge is 0.331 e. The lowest BCUT2D eigenvalue weighted by molar-refractivity contribution is 0.230. The molecular weight excluding hydrogens is 226 g/mol. The molecule has 1 heterocycles. The highest BCUT2D eigenvalue weighted by Crippen LogP contribution is 2.17. The third kappa shape index (κ3) is 2.85. The number of pyridine rings is 1. The van der Waals surface area contributed by atoms with Gasteiger partial charge in [-0.15, -0.1) is 0 Å². The molecule has 1 aromatic heterocycles. The minimum Gasteiger partial charge on any atom is -0.331 e. The molecule has 1 N–H and O–H groups in total. The van der Waals surface area contributed by atoms with Gasteiger partial charge in [0, 0.05) is 19.7 Å². The molecule has 0 unspecified atom stereocenters. The van der Waals surface area contributed by atoms with E-state index in [1.54, 1.807) is 20.3 Å². The van der Waals surface area contributed by atoms with E-state index in [4.69, 9.17) is 0 Å². The lowest BCUT2D eigenvalue weighted by Crippen LogP contribution is -2.27. The topological polar surface area (TPSA) is 45.2 Å². The fourth-order valence-corrected chi connectivity index (χ4v) is 1.48. The van der Waals surface area contributed by atoms with Gasteiger partial charge < -0.3 is 10.2 Å². The van der Waals surface area contributed by atoms with Crippen molar-refractivity contribution in [2.24, 2.45) is 0 Å². The molecule has 4 nitrogen and oxygen atoms in total. The predicted molar refractivity (Wildman–Crippen MR) is 72.4 cm³/mol. The van der Waals surface area contributed by atoms with Crippen LogP contribution in [0.25, 0.3) is 11.3 Å². The van der Waals surface area contributed by atoms with Crippen molar-refractivity contribution in [3.05, 3.63) is 48.7 Å². The van der Waals surface area contributed by atoms with Gasteiger partial charge in [-0.3, -0.25) is 4.98 Å². The number of anilines is 1. The molecule has 2 rings (SSSR count). The Kier molecular flexibility index (Phi) is 3.57. The lowest BCUT2D eigenvalue weighted by Gasteiger charge is -2.11. The van der Waals surface area contributed by atoms with Crippen LogP contribution in [-0.2, 0) is 0 Å². The fraction of sp³-hybridized carbons (Fsp3) is 0.143. The molecule has 0 bridgehead atoms. The van der Waals surface area contributed by atoms with Gasteiger partial charge in [-0.25, -0.2) is 4.79 Å². The van der Waals surface area contributed by atoms with Gasteiger partial charge in [0.05, 0.1) is 17.6 Å². The second kappa shape index (κ2) is 5.31. The van der Waals surface area contributed by atoms with E-state index in [-0.39, 0.29) is 6.03 Å². The fourth-order valence-electron chi connectivity index (χ4n) is 1.48. The standard InChI is InChI=1S/C14H15N3O/c1-17(2)14(18)16-12-8-9-13(15-10-12)11-6-4-3-5-7-11/h3-10H,1-2H3,(H,16,18). The van der Waals surface area contributed by atoms with Crippen molar-refractivity contribution in [1.82, 2.24) is 9.88 Å². The maximum atomic E-state index is 11.5. The second-order valence-electron chi connectivity index (χ2n) is 4.12. The SMILES string of the molecule is CN(C)C(=O)Nc1ccc(-c2ccccc2)nc1. The van der Waals surface area contributed by atoms with Gasteiger partial charge in [-0.2, -0.15) is 0 Å². The van der Waals surface area contributed by atoms with Gasteiger partial charge in [-0.05, 0) is 12.1 Å². The molecule has 0 aliphatic rings. The van der Waals surface area contributed by atoms with Crippen molar-refractivity contribution in [3.8, 4) is 11.3 Å². The third-order valence-corrected chi connectivity index (χ3v) is 2.49. The van der Waals surface area contributed by atoms with Crippen LogP contribution in [0, 0.1) is 0 Å². The number of carbonyl (C=O) groups is 1. The number of nitrogens with zero attached hydrogens (tertiary/aromatic N) is 2. The van der Waals surface area contributed by atoms with Crippen LogP contribution >= 0.6 is 0 Å². The molecule has 92 valence electrons. The maximum Gasteiger partial charge on any atom is 0.321 e. The van der Waals surface area contributed by atoms with Crippen LogP contribution in [0.5, 0.6) is 0 Å². The van der Waals surface area contributed by atoms with Gasteiger partial charge >= 0.3 is 6.03 Å². The average molecular weight is 241 g/mol. The van der Waals surface area contributed by atoms with Crippen molar-refractivity contribution in [2.75, 3.05) is 19.4 Å². The van der Waals surface area contributed by atoms with Crippen molar-refractivity contribution in [2.45, 2.75) is 0 Å². The lowest BCUT2D eigenvalue weighted by atomic mass is 10.1. The second-order valence-corrected chi connectivity index (χ2v) is 4.12. The molecule has 18 heavy (non-hydrogen) atoms. The molecule has 0 saturated heterocycles. The van der Waals surface area contributed by atoms with Gasteiger partial charge in [-0.1, -0.05) is 30.3 Å². The number of urea groups is 1. The number of hydrogen-bond donors (Lipinski definition) is 1. The minimum absolute atomic E-state index is 0.163. The number of benzene rings is 1. The summed E-state index contributed by atoms with van der Waals surface area (Å²) in [4.78, 5) is 17.3. The third-order valence-electron chi connectivity index (χ3n) is 2.49. The van der Waals surface area contributed by atoms with Crippen LogP contribution in [0.15, 0.2) is 48.7 Å². The average Bonchev–Trinajstić information content (AvgIpc) is 2.40. The summed E-state index contributed by atoms with van der Waals surface area (Å²) in [6.45, 7) is 0. The Morgan fingerprint density at radius 1 is 1.11 bits per heavy atom. The highest BCUT2D eigenvalue weighted by molar-refractivity contribution is 5.88. The van der Waals surface area contributed by atoms with Gasteiger partial charge in [0.25, 0.3) is 0 Å². The minimum atomic E-state index is -0.163. The first-order valence-electron chi connectivity index (χ1n) is 5.66. The Hall–Kier alpha value is -2.36. The summed E-state index contributed by atoms with van der Waals surface area (Å²) in [6, 6.07) is 13.5. The van der Waals surface area contributed by atoms with E-state index in [0.29, 0.717) is 5.69 Å². The molecular formula is C14H15N3O. The summed E-state index contributed by atoms with van der Waals surface area (Å²) in [6.07, 6.45) is 1.66. The molecule has 0 atom stereocenters. The van der Waals surface area contributed by atoms with E-state index in [9.17, 15) is 4.79 Å².